The number of carbonyl (C=O) groups is 11. The number of likely N-dealkylation sites (tertiary alicyclic amines) is 1. The molecule has 0 saturated carbocycles. The average molecular weight is 1410 g/mol. The summed E-state index contributed by atoms with van der Waals surface area (Å²) in [5.41, 5.74) is 0.696. The van der Waals surface area contributed by atoms with Crippen molar-refractivity contribution < 1.29 is 52.7 Å². The van der Waals surface area contributed by atoms with Crippen LogP contribution in [0.4, 0.5) is 0 Å². The Hall–Kier alpha value is -8.07. The van der Waals surface area contributed by atoms with E-state index in [0.29, 0.717) is 64.5 Å². The summed E-state index contributed by atoms with van der Waals surface area (Å²) in [6.07, 6.45) is 26.7. The highest BCUT2D eigenvalue weighted by Crippen LogP contribution is 2.10. The first-order valence-electron chi connectivity index (χ1n) is 35.3. The third-order valence-corrected chi connectivity index (χ3v) is 13.4. The van der Waals surface area contributed by atoms with Gasteiger partial charge < -0.3 is 62.1 Å². The first kappa shape index (κ1) is 96.1. The average Bonchev–Trinajstić information content (AvgIpc) is 0.902. The van der Waals surface area contributed by atoms with Gasteiger partial charge in [0.05, 0.1) is 19.6 Å². The van der Waals surface area contributed by atoms with Crippen molar-refractivity contribution in [1.82, 2.24) is 76.8 Å². The molecule has 4 aliphatic rings. The molecule has 0 atom stereocenters. The molecule has 0 bridgehead atoms. The molecule has 0 aromatic carbocycles. The Morgan fingerprint density at radius 1 is 0.440 bits per heavy atom. The number of piperidine rings is 1. The minimum atomic E-state index is -0.111. The fraction of sp³-hybridized carbons (Fsp3) is 0.635. The second-order valence-corrected chi connectivity index (χ2v) is 26.2. The summed E-state index contributed by atoms with van der Waals surface area (Å²) in [7, 11) is 3.95. The fourth-order valence-electron chi connectivity index (χ4n) is 8.57. The number of likely N-dealkylation sites (N-methyl/N-ethyl adjacent to an activating group) is 3. The standard InChI is InChI=1S/C13H23N3O2.C12H19N3O2.C12H21N3O2.C12H20N2O2.C10H20N2O.C8H15NO.C7H13NO/c1-4-15-8-9-16(13(18)10-15)7-5-6-12(17)14-11(2)3;1-9(2)13-11(16)5-4-6-15-7-10(3)14-12(17)8-15;1-10(2)13-11(16)5-4-6-15-8-7-14(3)9-12(15)17;1-10(2)13-11(15)6-5-9-14-8-4-3-7-12(14)16;1-5-12(4)8-6-7-10(13)11-9(2)3;1-4-5-6-8(10)9-7(2)3;1-4-5-7(9)8-6(2)3/h5-6,11H,4,7-10H2,1-3H3,(H,14,17);4-5,9H,3,6-8H2,1-2H3,(H,13,16)(H,14,17);4-5,10H,6-9H2,1-3H3,(H,13,16);5-6,10H,3-4,7-9H2,1-2H3,(H,13,15);6-7,9H,5,8H2,1-4H3,(H,11,13);5-7H,4H2,1-3H3,(H,9,10);4-6H,1-3H3,(H,8,9)/b6-5+;2*5-4+;6-5+;7-6+;6-5+;5-4+. The highest BCUT2D eigenvalue weighted by Gasteiger charge is 2.23. The highest BCUT2D eigenvalue weighted by molar-refractivity contribution is 5.90. The largest absolute Gasteiger partial charge is 0.350 e. The molecule has 26 heteroatoms. The monoisotopic (exact) mass is 1410 g/mol. The van der Waals surface area contributed by atoms with Crippen molar-refractivity contribution in [3.8, 4) is 0 Å². The Bertz CT molecular complexity index is 2650. The maximum atomic E-state index is 11.8. The molecular formula is C74H131N15O11. The van der Waals surface area contributed by atoms with Gasteiger partial charge >= 0.3 is 0 Å². The molecule has 26 nitrogen and oxygen atoms in total. The van der Waals surface area contributed by atoms with Crippen molar-refractivity contribution in [2.75, 3.05) is 119 Å². The quantitative estimate of drug-likeness (QED) is 0.0515. The van der Waals surface area contributed by atoms with Crippen LogP contribution >= 0.6 is 0 Å². The lowest BCUT2D eigenvalue weighted by Gasteiger charge is -2.32. The Kier molecular flexibility index (Phi) is 56.4. The zero-order valence-electron chi connectivity index (χ0n) is 64.6. The molecule has 0 radical (unpaired) electrons. The van der Waals surface area contributed by atoms with E-state index in [1.54, 1.807) is 57.2 Å². The number of carbonyl (C=O) groups excluding carboxylic acids is 11. The number of nitrogens with one attached hydrogen (secondary N) is 8. The van der Waals surface area contributed by atoms with Gasteiger partial charge in [-0.05, 0) is 162 Å². The molecule has 4 saturated heterocycles. The zero-order valence-corrected chi connectivity index (χ0v) is 64.6. The van der Waals surface area contributed by atoms with Gasteiger partial charge in [-0.15, -0.1) is 0 Å². The molecule has 0 aromatic heterocycles. The zero-order chi connectivity index (χ0) is 76.7. The van der Waals surface area contributed by atoms with Crippen molar-refractivity contribution in [3.63, 3.8) is 0 Å². The number of piperazine rings is 3. The molecule has 568 valence electrons. The first-order valence-corrected chi connectivity index (χ1v) is 35.3. The normalized spacial score (nSPS) is 15.6. The number of hydrogen-bond acceptors (Lipinski definition) is 15. The molecule has 4 rings (SSSR count). The summed E-state index contributed by atoms with van der Waals surface area (Å²) in [6.45, 7) is 49.5. The van der Waals surface area contributed by atoms with Crippen molar-refractivity contribution >= 4 is 65.0 Å². The molecule has 0 aliphatic carbocycles. The van der Waals surface area contributed by atoms with Crippen LogP contribution in [0, 0.1) is 0 Å². The minimum Gasteiger partial charge on any atom is -0.350 e. The summed E-state index contributed by atoms with van der Waals surface area (Å²) in [6, 6.07) is 1.22. The second kappa shape index (κ2) is 58.7. The molecule has 4 aliphatic heterocycles. The van der Waals surface area contributed by atoms with E-state index in [2.05, 4.69) is 72.8 Å². The van der Waals surface area contributed by atoms with Crippen LogP contribution in [0.25, 0.3) is 0 Å². The van der Waals surface area contributed by atoms with Crippen LogP contribution < -0.4 is 42.5 Å². The third-order valence-electron chi connectivity index (χ3n) is 13.4. The molecular weight excluding hydrogens is 1270 g/mol. The van der Waals surface area contributed by atoms with Crippen molar-refractivity contribution in [3.05, 3.63) is 97.3 Å². The summed E-state index contributed by atoms with van der Waals surface area (Å²) < 4.78 is 0. The molecule has 0 aromatic rings. The smallest absolute Gasteiger partial charge is 0.243 e. The van der Waals surface area contributed by atoms with Crippen LogP contribution in [0.1, 0.15) is 150 Å². The lowest BCUT2D eigenvalue weighted by atomic mass is 10.1. The first-order chi connectivity index (χ1) is 47.0. The van der Waals surface area contributed by atoms with Crippen LogP contribution in [0.5, 0.6) is 0 Å². The fourth-order valence-corrected chi connectivity index (χ4v) is 8.57. The van der Waals surface area contributed by atoms with Crippen LogP contribution in [0.3, 0.4) is 0 Å². The summed E-state index contributed by atoms with van der Waals surface area (Å²) in [4.78, 5) is 137. The van der Waals surface area contributed by atoms with Crippen LogP contribution in [-0.2, 0) is 52.7 Å². The number of nitrogens with zero attached hydrogens (tertiary/aromatic N) is 7. The van der Waals surface area contributed by atoms with E-state index in [-0.39, 0.29) is 107 Å². The third kappa shape index (κ3) is 58.9. The Morgan fingerprint density at radius 3 is 1.14 bits per heavy atom. The number of hydrogen-bond donors (Lipinski definition) is 8. The topological polar surface area (TPSA) is 307 Å². The van der Waals surface area contributed by atoms with E-state index in [9.17, 15) is 52.7 Å². The van der Waals surface area contributed by atoms with Crippen LogP contribution in [0.15, 0.2) is 97.3 Å². The van der Waals surface area contributed by atoms with E-state index < -0.39 is 0 Å². The van der Waals surface area contributed by atoms with E-state index in [4.69, 9.17) is 0 Å². The molecule has 0 spiro atoms. The number of amides is 11. The predicted molar refractivity (Wildman–Crippen MR) is 403 cm³/mol. The van der Waals surface area contributed by atoms with E-state index in [1.807, 2.05) is 147 Å². The molecule has 4 heterocycles. The van der Waals surface area contributed by atoms with E-state index in [1.165, 1.54) is 30.4 Å². The van der Waals surface area contributed by atoms with Gasteiger partial charge in [-0.3, -0.25) is 67.4 Å². The molecule has 0 unspecified atom stereocenters. The maximum absolute atomic E-state index is 11.8. The molecule has 8 N–H and O–H groups in total. The summed E-state index contributed by atoms with van der Waals surface area (Å²) in [5.74, 6) is -0.0686. The van der Waals surface area contributed by atoms with Gasteiger partial charge in [-0.2, -0.15) is 0 Å². The van der Waals surface area contributed by atoms with Crippen molar-refractivity contribution in [1.29, 1.82) is 0 Å². The number of rotatable bonds is 27. The van der Waals surface area contributed by atoms with Gasteiger partial charge in [0.15, 0.2) is 0 Å². The van der Waals surface area contributed by atoms with Gasteiger partial charge in [0, 0.05) is 157 Å². The highest BCUT2D eigenvalue weighted by atomic mass is 16.2. The van der Waals surface area contributed by atoms with Gasteiger partial charge in [0.2, 0.25) is 65.0 Å². The lowest BCUT2D eigenvalue weighted by molar-refractivity contribution is -0.135. The van der Waals surface area contributed by atoms with Crippen molar-refractivity contribution in [2.45, 2.75) is 193 Å². The summed E-state index contributed by atoms with van der Waals surface area (Å²) in [5, 5.41) is 22.0. The summed E-state index contributed by atoms with van der Waals surface area (Å²) >= 11 is 0. The molecule has 11 amide bonds. The second-order valence-electron chi connectivity index (χ2n) is 26.2. The predicted octanol–water partition coefficient (Wildman–Crippen LogP) is 4.75. The van der Waals surface area contributed by atoms with E-state index in [0.717, 1.165) is 71.6 Å². The van der Waals surface area contributed by atoms with Crippen molar-refractivity contribution in [2.24, 2.45) is 0 Å². The maximum Gasteiger partial charge on any atom is 0.243 e. The van der Waals surface area contributed by atoms with Gasteiger partial charge in [0.1, 0.15) is 0 Å². The SMILES string of the molecule is C/C=C/C(=O)NC(C)C.C=C1CN(C/C=C/C(=O)NC(C)C)CC(=O)N1.CC(C)NC(=O)/C=C/CN1CCCCC1=O.CC(C)NC(=O)/C=C/CN1CCN(C)CC1=O.CC/C=C/C(=O)NC(C)C.CCN(C)C/C=C/C(=O)NC(C)C.CCN1CCN(C/C=C/C(=O)NC(C)C)C(=O)C1. The Balaban J connectivity index is -0.00000111. The Morgan fingerprint density at radius 2 is 0.800 bits per heavy atom. The van der Waals surface area contributed by atoms with Gasteiger partial charge in [-0.25, -0.2) is 0 Å². The van der Waals surface area contributed by atoms with Gasteiger partial charge in [-0.1, -0.05) is 69.9 Å². The molecule has 4 fully saturated rings. The Labute approximate surface area is 600 Å². The van der Waals surface area contributed by atoms with Gasteiger partial charge in [0.25, 0.3) is 0 Å². The number of allylic oxidation sites excluding steroid dienone is 2. The molecule has 100 heavy (non-hydrogen) atoms. The lowest BCUT2D eigenvalue weighted by Crippen LogP contribution is -2.50. The van der Waals surface area contributed by atoms with E-state index >= 15 is 0 Å². The van der Waals surface area contributed by atoms with Crippen LogP contribution in [0.2, 0.25) is 0 Å². The minimum absolute atomic E-state index is 0.00292. The van der Waals surface area contributed by atoms with Crippen LogP contribution in [-0.4, -0.2) is 260 Å².